The van der Waals surface area contributed by atoms with Crippen molar-refractivity contribution in [1.29, 1.82) is 0 Å². The lowest BCUT2D eigenvalue weighted by atomic mass is 9.85. The first-order valence-electron chi connectivity index (χ1n) is 8.97. The van der Waals surface area contributed by atoms with Gasteiger partial charge in [-0.3, -0.25) is 14.6 Å². The first-order chi connectivity index (χ1) is 12.8. The second kappa shape index (κ2) is 9.16. The van der Waals surface area contributed by atoms with Crippen molar-refractivity contribution in [2.45, 2.75) is 33.1 Å². The van der Waals surface area contributed by atoms with Crippen LogP contribution in [-0.2, 0) is 10.2 Å². The van der Waals surface area contributed by atoms with Crippen molar-refractivity contribution >= 4 is 11.8 Å². The zero-order chi connectivity index (χ0) is 19.9. The minimum absolute atomic E-state index is 0.0691. The van der Waals surface area contributed by atoms with E-state index in [0.29, 0.717) is 24.5 Å². The van der Waals surface area contributed by atoms with E-state index < -0.39 is 0 Å². The second-order valence-electron chi connectivity index (χ2n) is 7.36. The molecule has 0 bridgehead atoms. The predicted molar refractivity (Wildman–Crippen MR) is 105 cm³/mol. The molecule has 2 N–H and O–H groups in total. The van der Waals surface area contributed by atoms with Gasteiger partial charge in [-0.1, -0.05) is 44.5 Å². The van der Waals surface area contributed by atoms with Gasteiger partial charge in [0, 0.05) is 19.3 Å². The Hall–Kier alpha value is -2.89. The van der Waals surface area contributed by atoms with Gasteiger partial charge in [0.05, 0.1) is 0 Å². The summed E-state index contributed by atoms with van der Waals surface area (Å²) in [5, 5.41) is 5.44. The Bertz CT molecular complexity index is 783. The summed E-state index contributed by atoms with van der Waals surface area (Å²) in [6.45, 7) is 8.93. The van der Waals surface area contributed by atoms with Crippen LogP contribution in [0.4, 0.5) is 0 Å². The topological polar surface area (TPSA) is 80.3 Å². The van der Waals surface area contributed by atoms with Crippen molar-refractivity contribution in [3.05, 3.63) is 59.4 Å². The molecule has 0 radical (unpaired) electrons. The number of pyridine rings is 1. The van der Waals surface area contributed by atoms with E-state index >= 15 is 0 Å². The Kier molecular flexibility index (Phi) is 6.93. The fourth-order valence-electron chi connectivity index (χ4n) is 2.52. The van der Waals surface area contributed by atoms with Crippen LogP contribution in [0.15, 0.2) is 42.6 Å². The molecule has 0 aliphatic carbocycles. The van der Waals surface area contributed by atoms with Crippen LogP contribution in [0.5, 0.6) is 5.75 Å². The molecular formula is C21H27N3O3. The smallest absolute Gasteiger partial charge is 0.269 e. The highest BCUT2D eigenvalue weighted by Gasteiger charge is 2.19. The van der Waals surface area contributed by atoms with E-state index in [4.69, 9.17) is 4.74 Å². The predicted octanol–water partition coefficient (Wildman–Crippen LogP) is 2.61. The average molecular weight is 369 g/mol. The van der Waals surface area contributed by atoms with E-state index in [1.165, 1.54) is 0 Å². The summed E-state index contributed by atoms with van der Waals surface area (Å²) in [7, 11) is 0. The summed E-state index contributed by atoms with van der Waals surface area (Å²) < 4.78 is 5.72. The molecule has 0 saturated carbocycles. The Morgan fingerprint density at radius 1 is 1.07 bits per heavy atom. The molecular weight excluding hydrogens is 342 g/mol. The number of hydrogen-bond acceptors (Lipinski definition) is 4. The summed E-state index contributed by atoms with van der Waals surface area (Å²) >= 11 is 0. The van der Waals surface area contributed by atoms with Crippen LogP contribution in [0.25, 0.3) is 0 Å². The molecule has 1 aromatic carbocycles. The Labute approximate surface area is 160 Å². The van der Waals surface area contributed by atoms with E-state index in [1.54, 1.807) is 24.4 Å². The van der Waals surface area contributed by atoms with Crippen LogP contribution in [-0.4, -0.2) is 36.5 Å². The number of carbonyl (C=O) groups excluding carboxylic acids is 2. The van der Waals surface area contributed by atoms with Gasteiger partial charge in [0.2, 0.25) is 0 Å². The van der Waals surface area contributed by atoms with E-state index in [0.717, 1.165) is 11.1 Å². The highest BCUT2D eigenvalue weighted by molar-refractivity contribution is 5.92. The molecule has 1 heterocycles. The number of hydrogen-bond donors (Lipinski definition) is 2. The molecule has 144 valence electrons. The highest BCUT2D eigenvalue weighted by atomic mass is 16.5. The van der Waals surface area contributed by atoms with Crippen LogP contribution >= 0.6 is 0 Å². The van der Waals surface area contributed by atoms with Crippen LogP contribution in [0, 0.1) is 6.92 Å². The number of nitrogens with one attached hydrogen (secondary N) is 2. The Morgan fingerprint density at radius 3 is 2.48 bits per heavy atom. The fraction of sp³-hybridized carbons (Fsp3) is 0.381. The number of aryl methyl sites for hydroxylation is 1. The second-order valence-corrected chi connectivity index (χ2v) is 7.36. The third kappa shape index (κ3) is 6.40. The standard InChI is InChI=1S/C21H27N3O3/c1-15-8-9-18(16(13-15)21(2,3)4)27-14-19(25)23-11-12-24-20(26)17-7-5-6-10-22-17/h5-10,13H,11-12,14H2,1-4H3,(H,23,25)(H,24,26). The van der Waals surface area contributed by atoms with E-state index in [-0.39, 0.29) is 23.8 Å². The van der Waals surface area contributed by atoms with E-state index in [2.05, 4.69) is 42.5 Å². The van der Waals surface area contributed by atoms with Gasteiger partial charge in [-0.15, -0.1) is 0 Å². The maximum atomic E-state index is 12.0. The third-order valence-corrected chi connectivity index (χ3v) is 3.93. The molecule has 0 aliphatic rings. The first kappa shape index (κ1) is 20.4. The van der Waals surface area contributed by atoms with Crippen LogP contribution in [0.1, 0.15) is 42.4 Å². The van der Waals surface area contributed by atoms with E-state index in [1.807, 2.05) is 19.1 Å². The number of benzene rings is 1. The summed E-state index contributed by atoms with van der Waals surface area (Å²) in [6, 6.07) is 11.1. The summed E-state index contributed by atoms with van der Waals surface area (Å²) in [4.78, 5) is 27.8. The maximum Gasteiger partial charge on any atom is 0.269 e. The minimum atomic E-state index is -0.268. The summed E-state index contributed by atoms with van der Waals surface area (Å²) in [5.41, 5.74) is 2.49. The van der Waals surface area contributed by atoms with Gasteiger partial charge < -0.3 is 15.4 Å². The molecule has 0 fully saturated rings. The van der Waals surface area contributed by atoms with Gasteiger partial charge in [0.1, 0.15) is 11.4 Å². The minimum Gasteiger partial charge on any atom is -0.483 e. The largest absolute Gasteiger partial charge is 0.483 e. The van der Waals surface area contributed by atoms with Gasteiger partial charge in [-0.2, -0.15) is 0 Å². The molecule has 0 saturated heterocycles. The molecule has 2 aromatic rings. The average Bonchev–Trinajstić information content (AvgIpc) is 2.64. The Balaban J connectivity index is 1.76. The number of carbonyl (C=O) groups is 2. The van der Waals surface area contributed by atoms with Crippen LogP contribution in [0.3, 0.4) is 0 Å². The zero-order valence-corrected chi connectivity index (χ0v) is 16.3. The van der Waals surface area contributed by atoms with Crippen LogP contribution in [0.2, 0.25) is 0 Å². The molecule has 0 spiro atoms. The van der Waals surface area contributed by atoms with E-state index in [9.17, 15) is 9.59 Å². The number of aromatic nitrogens is 1. The van der Waals surface area contributed by atoms with Crippen LogP contribution < -0.4 is 15.4 Å². The Morgan fingerprint density at radius 2 is 1.81 bits per heavy atom. The normalized spacial score (nSPS) is 11.0. The lowest BCUT2D eigenvalue weighted by molar-refractivity contribution is -0.123. The SMILES string of the molecule is Cc1ccc(OCC(=O)NCCNC(=O)c2ccccn2)c(C(C)(C)C)c1. The molecule has 0 aliphatic heterocycles. The summed E-state index contributed by atoms with van der Waals surface area (Å²) in [6.07, 6.45) is 1.56. The van der Waals surface area contributed by atoms with Crippen molar-refractivity contribution in [2.75, 3.05) is 19.7 Å². The molecule has 27 heavy (non-hydrogen) atoms. The lowest BCUT2D eigenvalue weighted by Crippen LogP contribution is -2.37. The van der Waals surface area contributed by atoms with Crippen molar-refractivity contribution in [1.82, 2.24) is 15.6 Å². The van der Waals surface area contributed by atoms with Gasteiger partial charge in [-0.25, -0.2) is 0 Å². The molecule has 1 aromatic heterocycles. The lowest BCUT2D eigenvalue weighted by Gasteiger charge is -2.23. The van der Waals surface area contributed by atoms with Gasteiger partial charge >= 0.3 is 0 Å². The van der Waals surface area contributed by atoms with Crippen molar-refractivity contribution < 1.29 is 14.3 Å². The molecule has 2 amide bonds. The molecule has 0 atom stereocenters. The maximum absolute atomic E-state index is 12.0. The molecule has 6 nitrogen and oxygen atoms in total. The van der Waals surface area contributed by atoms with Crippen molar-refractivity contribution in [3.63, 3.8) is 0 Å². The molecule has 6 heteroatoms. The highest BCUT2D eigenvalue weighted by Crippen LogP contribution is 2.32. The monoisotopic (exact) mass is 369 g/mol. The van der Waals surface area contributed by atoms with Gasteiger partial charge in [0.25, 0.3) is 11.8 Å². The third-order valence-electron chi connectivity index (χ3n) is 3.93. The quantitative estimate of drug-likeness (QED) is 0.735. The number of amides is 2. The first-order valence-corrected chi connectivity index (χ1v) is 8.97. The van der Waals surface area contributed by atoms with Gasteiger partial charge in [0.15, 0.2) is 6.61 Å². The van der Waals surface area contributed by atoms with Gasteiger partial charge in [-0.05, 0) is 36.1 Å². The van der Waals surface area contributed by atoms with Crippen molar-refractivity contribution in [3.8, 4) is 5.75 Å². The molecule has 2 rings (SSSR count). The molecule has 0 unspecified atom stereocenters. The fourth-order valence-corrected chi connectivity index (χ4v) is 2.52. The number of nitrogens with zero attached hydrogens (tertiary/aromatic N) is 1. The van der Waals surface area contributed by atoms with Crippen molar-refractivity contribution in [2.24, 2.45) is 0 Å². The number of rotatable bonds is 7. The summed E-state index contributed by atoms with van der Waals surface area (Å²) in [5.74, 6) is 0.213. The number of ether oxygens (including phenoxy) is 1. The zero-order valence-electron chi connectivity index (χ0n) is 16.3.